The minimum Gasteiger partial charge on any atom is -0.483 e. The van der Waals surface area contributed by atoms with Gasteiger partial charge in [0, 0.05) is 19.7 Å². The molecule has 0 radical (unpaired) electrons. The van der Waals surface area contributed by atoms with Gasteiger partial charge in [-0.2, -0.15) is 0 Å². The van der Waals surface area contributed by atoms with Crippen LogP contribution in [0, 0.1) is 0 Å². The molecule has 0 aliphatic heterocycles. The molecule has 6 nitrogen and oxygen atoms in total. The first-order valence-electron chi connectivity index (χ1n) is 6.43. The van der Waals surface area contributed by atoms with E-state index in [0.29, 0.717) is 11.3 Å². The third-order valence-electron chi connectivity index (χ3n) is 2.94. The molecule has 7 heteroatoms. The van der Waals surface area contributed by atoms with Gasteiger partial charge in [-0.1, -0.05) is 20.8 Å². The predicted octanol–water partition coefficient (Wildman–Crippen LogP) is 1.10. The summed E-state index contributed by atoms with van der Waals surface area (Å²) in [5.74, 6) is 0.301. The van der Waals surface area contributed by atoms with Crippen molar-refractivity contribution in [3.63, 3.8) is 0 Å². The fourth-order valence-electron chi connectivity index (χ4n) is 1.67. The summed E-state index contributed by atoms with van der Waals surface area (Å²) in [5, 5.41) is 5.15. The lowest BCUT2D eigenvalue weighted by atomic mass is 9.86. The van der Waals surface area contributed by atoms with Crippen LogP contribution in [0.25, 0.3) is 0 Å². The van der Waals surface area contributed by atoms with E-state index in [2.05, 4.69) is 0 Å². The number of likely N-dealkylation sites (N-methyl/N-ethyl adjacent to an activating group) is 1. The summed E-state index contributed by atoms with van der Waals surface area (Å²) in [7, 11) is -0.499. The van der Waals surface area contributed by atoms with Gasteiger partial charge in [-0.25, -0.2) is 13.6 Å². The van der Waals surface area contributed by atoms with Crippen molar-refractivity contribution in [1.82, 2.24) is 4.90 Å². The molecule has 2 N–H and O–H groups in total. The van der Waals surface area contributed by atoms with Gasteiger partial charge in [0.15, 0.2) is 6.61 Å². The van der Waals surface area contributed by atoms with Crippen LogP contribution < -0.4 is 9.88 Å². The minimum absolute atomic E-state index is 0.0266. The van der Waals surface area contributed by atoms with Gasteiger partial charge in [-0.3, -0.25) is 4.79 Å². The normalized spacial score (nSPS) is 12.1. The molecule has 1 amide bonds. The molecule has 0 aliphatic carbocycles. The summed E-state index contributed by atoms with van der Waals surface area (Å²) in [5.41, 5.74) is 0.331. The van der Waals surface area contributed by atoms with E-state index in [-0.39, 0.29) is 22.8 Å². The number of hydrogen-bond donors (Lipinski definition) is 1. The smallest absolute Gasteiger partial charge is 0.259 e. The third kappa shape index (κ3) is 4.71. The van der Waals surface area contributed by atoms with Crippen LogP contribution in [0.2, 0.25) is 0 Å². The molecule has 0 aliphatic rings. The van der Waals surface area contributed by atoms with Crippen molar-refractivity contribution in [2.24, 2.45) is 5.14 Å². The van der Waals surface area contributed by atoms with E-state index in [4.69, 9.17) is 9.88 Å². The van der Waals surface area contributed by atoms with Crippen LogP contribution in [0.1, 0.15) is 26.3 Å². The van der Waals surface area contributed by atoms with Crippen LogP contribution in [0.5, 0.6) is 5.75 Å². The highest BCUT2D eigenvalue weighted by Crippen LogP contribution is 2.33. The number of hydrogen-bond acceptors (Lipinski definition) is 4. The molecule has 0 fully saturated rings. The Bertz CT molecular complexity index is 631. The molecule has 1 aromatic rings. The van der Waals surface area contributed by atoms with E-state index in [0.717, 1.165) is 0 Å². The molecule has 21 heavy (non-hydrogen) atoms. The van der Waals surface area contributed by atoms with Gasteiger partial charge in [0.1, 0.15) is 5.75 Å². The molecule has 0 heterocycles. The molecule has 0 bridgehead atoms. The van der Waals surface area contributed by atoms with E-state index in [9.17, 15) is 13.2 Å². The number of nitrogens with zero attached hydrogens (tertiary/aromatic N) is 1. The topological polar surface area (TPSA) is 89.7 Å². The average molecular weight is 314 g/mol. The lowest BCUT2D eigenvalue weighted by Crippen LogP contribution is -2.28. The lowest BCUT2D eigenvalue weighted by Gasteiger charge is -2.23. The van der Waals surface area contributed by atoms with E-state index >= 15 is 0 Å². The summed E-state index contributed by atoms with van der Waals surface area (Å²) >= 11 is 0. The number of primary sulfonamides is 1. The predicted molar refractivity (Wildman–Crippen MR) is 80.7 cm³/mol. The molecular weight excluding hydrogens is 292 g/mol. The molecular formula is C14H22N2O4S. The van der Waals surface area contributed by atoms with Gasteiger partial charge >= 0.3 is 0 Å². The number of sulfonamides is 1. The first-order chi connectivity index (χ1) is 9.43. The fraction of sp³-hybridized carbons (Fsp3) is 0.500. The van der Waals surface area contributed by atoms with Crippen LogP contribution in [0.3, 0.4) is 0 Å². The molecule has 0 aromatic heterocycles. The maximum absolute atomic E-state index is 11.6. The molecule has 1 aromatic carbocycles. The zero-order valence-electron chi connectivity index (χ0n) is 13.0. The van der Waals surface area contributed by atoms with Gasteiger partial charge in [-0.05, 0) is 23.6 Å². The maximum atomic E-state index is 11.6. The zero-order valence-corrected chi connectivity index (χ0v) is 13.8. The Morgan fingerprint density at radius 3 is 2.29 bits per heavy atom. The average Bonchev–Trinajstić information content (AvgIpc) is 2.33. The number of rotatable bonds is 4. The minimum atomic E-state index is -3.78. The second-order valence-electron chi connectivity index (χ2n) is 6.03. The number of carbonyl (C=O) groups excluding carboxylic acids is 1. The summed E-state index contributed by atoms with van der Waals surface area (Å²) in [6.07, 6.45) is 0. The molecule has 0 unspecified atom stereocenters. The Morgan fingerprint density at radius 1 is 1.29 bits per heavy atom. The Labute approximate surface area is 125 Å². The van der Waals surface area contributed by atoms with E-state index in [1.165, 1.54) is 23.1 Å². The fourth-order valence-corrected chi connectivity index (χ4v) is 2.21. The van der Waals surface area contributed by atoms with Crippen molar-refractivity contribution in [3.8, 4) is 5.75 Å². The van der Waals surface area contributed by atoms with E-state index < -0.39 is 10.0 Å². The van der Waals surface area contributed by atoms with Crippen LogP contribution >= 0.6 is 0 Å². The van der Waals surface area contributed by atoms with Gasteiger partial charge < -0.3 is 9.64 Å². The van der Waals surface area contributed by atoms with Crippen molar-refractivity contribution in [3.05, 3.63) is 23.8 Å². The molecule has 0 saturated carbocycles. The van der Waals surface area contributed by atoms with Gasteiger partial charge in [-0.15, -0.1) is 0 Å². The zero-order chi connectivity index (χ0) is 16.4. The summed E-state index contributed by atoms with van der Waals surface area (Å²) in [4.78, 5) is 13.0. The molecule has 0 saturated heterocycles. The highest BCUT2D eigenvalue weighted by molar-refractivity contribution is 7.89. The molecule has 118 valence electrons. The number of benzene rings is 1. The number of carbonyl (C=O) groups is 1. The number of ether oxygens (including phenoxy) is 1. The van der Waals surface area contributed by atoms with E-state index in [1.807, 2.05) is 20.8 Å². The first kappa shape index (κ1) is 17.5. The van der Waals surface area contributed by atoms with Crippen molar-refractivity contribution >= 4 is 15.9 Å². The van der Waals surface area contributed by atoms with Crippen molar-refractivity contribution in [1.29, 1.82) is 0 Å². The Morgan fingerprint density at radius 2 is 1.86 bits per heavy atom. The molecule has 0 atom stereocenters. The number of nitrogens with two attached hydrogens (primary N) is 1. The molecule has 0 spiro atoms. The largest absolute Gasteiger partial charge is 0.483 e. The lowest BCUT2D eigenvalue weighted by molar-refractivity contribution is -0.130. The summed E-state index contributed by atoms with van der Waals surface area (Å²) in [6, 6.07) is 4.40. The van der Waals surface area contributed by atoms with Crippen LogP contribution in [-0.2, 0) is 20.2 Å². The molecule has 1 rings (SSSR count). The summed E-state index contributed by atoms with van der Waals surface area (Å²) < 4.78 is 28.4. The second kappa shape index (κ2) is 6.03. The van der Waals surface area contributed by atoms with Crippen LogP contribution in [0.4, 0.5) is 0 Å². The highest BCUT2D eigenvalue weighted by Gasteiger charge is 2.22. The maximum Gasteiger partial charge on any atom is 0.259 e. The standard InChI is InChI=1S/C14H22N2O4S/c1-14(2,3)11-8-10(21(15,18)19)6-7-12(11)20-9-13(17)16(4)5/h6-8H,9H2,1-5H3,(H2,15,18,19). The highest BCUT2D eigenvalue weighted by atomic mass is 32.2. The van der Waals surface area contributed by atoms with E-state index in [1.54, 1.807) is 14.1 Å². The number of amides is 1. The Kier molecular flexibility index (Phi) is 5.01. The SMILES string of the molecule is CN(C)C(=O)COc1ccc(S(N)(=O)=O)cc1C(C)(C)C. The van der Waals surface area contributed by atoms with Gasteiger partial charge in [0.25, 0.3) is 5.91 Å². The Hall–Kier alpha value is -1.60. The van der Waals surface area contributed by atoms with Crippen molar-refractivity contribution in [2.75, 3.05) is 20.7 Å². The van der Waals surface area contributed by atoms with Crippen molar-refractivity contribution < 1.29 is 17.9 Å². The van der Waals surface area contributed by atoms with Gasteiger partial charge in [0.05, 0.1) is 4.90 Å². The van der Waals surface area contributed by atoms with Crippen LogP contribution in [-0.4, -0.2) is 39.9 Å². The van der Waals surface area contributed by atoms with Gasteiger partial charge in [0.2, 0.25) is 10.0 Å². The van der Waals surface area contributed by atoms with Crippen LogP contribution in [0.15, 0.2) is 23.1 Å². The quantitative estimate of drug-likeness (QED) is 0.901. The third-order valence-corrected chi connectivity index (χ3v) is 3.85. The first-order valence-corrected chi connectivity index (χ1v) is 7.98. The second-order valence-corrected chi connectivity index (χ2v) is 7.59. The summed E-state index contributed by atoms with van der Waals surface area (Å²) in [6.45, 7) is 5.67. The van der Waals surface area contributed by atoms with Crippen molar-refractivity contribution in [2.45, 2.75) is 31.1 Å². The monoisotopic (exact) mass is 314 g/mol. The Balaban J connectivity index is 3.18.